The lowest BCUT2D eigenvalue weighted by atomic mass is 10.2. The first-order valence-electron chi connectivity index (χ1n) is 10.4. The molecule has 3 aromatic rings. The number of nitrogens with zero attached hydrogens (tertiary/aromatic N) is 2. The van der Waals surface area contributed by atoms with Crippen molar-refractivity contribution in [1.29, 1.82) is 0 Å². The highest BCUT2D eigenvalue weighted by atomic mass is 32.1. The largest absolute Gasteiger partial charge is 0.493 e. The van der Waals surface area contributed by atoms with Gasteiger partial charge in [0.05, 0.1) is 30.8 Å². The van der Waals surface area contributed by atoms with Crippen molar-refractivity contribution in [3.8, 4) is 16.3 Å². The van der Waals surface area contributed by atoms with E-state index in [4.69, 9.17) is 4.74 Å². The van der Waals surface area contributed by atoms with Crippen molar-refractivity contribution in [3.05, 3.63) is 65.2 Å². The van der Waals surface area contributed by atoms with Crippen LogP contribution in [0.4, 0.5) is 5.69 Å². The molecular formula is C24H23N3O4S. The van der Waals surface area contributed by atoms with Crippen LogP contribution in [-0.2, 0) is 27.3 Å². The first kappa shape index (κ1) is 21.7. The molecule has 4 rings (SSSR count). The van der Waals surface area contributed by atoms with Gasteiger partial charge in [-0.15, -0.1) is 11.3 Å². The Morgan fingerprint density at radius 1 is 1.09 bits per heavy atom. The van der Waals surface area contributed by atoms with Gasteiger partial charge in [-0.2, -0.15) is 0 Å². The molecule has 1 fully saturated rings. The highest BCUT2D eigenvalue weighted by Crippen LogP contribution is 2.32. The second-order valence-corrected chi connectivity index (χ2v) is 8.23. The Kier molecular flexibility index (Phi) is 6.61. The van der Waals surface area contributed by atoms with E-state index in [2.05, 4.69) is 10.3 Å². The van der Waals surface area contributed by atoms with E-state index in [9.17, 15) is 14.4 Å². The van der Waals surface area contributed by atoms with E-state index >= 15 is 0 Å². The molecule has 1 saturated heterocycles. The minimum absolute atomic E-state index is 0.140. The zero-order valence-corrected chi connectivity index (χ0v) is 18.5. The van der Waals surface area contributed by atoms with Crippen LogP contribution in [0.1, 0.15) is 31.0 Å². The Bertz CT molecular complexity index is 1120. The van der Waals surface area contributed by atoms with Crippen LogP contribution in [0.3, 0.4) is 0 Å². The van der Waals surface area contributed by atoms with Crippen LogP contribution in [-0.4, -0.2) is 34.2 Å². The molecule has 1 aliphatic rings. The Labute approximate surface area is 190 Å². The van der Waals surface area contributed by atoms with Crippen LogP contribution >= 0.6 is 11.3 Å². The van der Waals surface area contributed by atoms with Crippen LogP contribution in [0.25, 0.3) is 10.6 Å². The number of carbonyl (C=O) groups is 3. The first-order valence-corrected chi connectivity index (χ1v) is 11.3. The van der Waals surface area contributed by atoms with Crippen molar-refractivity contribution >= 4 is 34.7 Å². The Hall–Kier alpha value is -3.52. The van der Waals surface area contributed by atoms with Gasteiger partial charge in [0, 0.05) is 23.9 Å². The summed E-state index contributed by atoms with van der Waals surface area (Å²) in [5.74, 6) is 0.327. The van der Waals surface area contributed by atoms with Crippen LogP contribution in [0, 0.1) is 0 Å². The number of imide groups is 1. The molecule has 2 heterocycles. The zero-order chi connectivity index (χ0) is 22.5. The summed E-state index contributed by atoms with van der Waals surface area (Å²) in [6.45, 7) is 2.77. The Morgan fingerprint density at radius 3 is 2.53 bits per heavy atom. The summed E-state index contributed by atoms with van der Waals surface area (Å²) in [6.07, 6.45) is 0.719. The molecule has 1 aliphatic heterocycles. The number of likely N-dealkylation sites (tertiary alicyclic amines) is 1. The molecule has 0 aliphatic carbocycles. The molecule has 7 nitrogen and oxygen atoms in total. The van der Waals surface area contributed by atoms with Crippen LogP contribution < -0.4 is 10.1 Å². The number of aromatic nitrogens is 1. The van der Waals surface area contributed by atoms with Crippen molar-refractivity contribution in [3.63, 3.8) is 0 Å². The highest BCUT2D eigenvalue weighted by molar-refractivity contribution is 7.13. The predicted octanol–water partition coefficient (Wildman–Crippen LogP) is 4.04. The van der Waals surface area contributed by atoms with E-state index in [0.717, 1.165) is 21.9 Å². The number of para-hydroxylation sites is 1. The summed E-state index contributed by atoms with van der Waals surface area (Å²) in [5, 5.41) is 5.56. The second-order valence-electron chi connectivity index (χ2n) is 7.37. The molecule has 0 bridgehead atoms. The number of thiazole rings is 1. The van der Waals surface area contributed by atoms with E-state index in [1.165, 1.54) is 16.2 Å². The van der Waals surface area contributed by atoms with Crippen LogP contribution in [0.2, 0.25) is 0 Å². The van der Waals surface area contributed by atoms with E-state index in [-0.39, 0.29) is 43.5 Å². The molecule has 0 unspecified atom stereocenters. The van der Waals surface area contributed by atoms with Gasteiger partial charge in [0.2, 0.25) is 17.7 Å². The van der Waals surface area contributed by atoms with Crippen molar-refractivity contribution in [2.75, 3.05) is 11.9 Å². The Balaban J connectivity index is 1.35. The lowest BCUT2D eigenvalue weighted by Gasteiger charge is -2.14. The fourth-order valence-corrected chi connectivity index (χ4v) is 4.33. The fraction of sp³-hybridized carbons (Fsp3) is 0.250. The minimum atomic E-state index is -0.169. The van der Waals surface area contributed by atoms with Gasteiger partial charge in [-0.3, -0.25) is 19.3 Å². The van der Waals surface area contributed by atoms with Crippen molar-refractivity contribution in [2.24, 2.45) is 0 Å². The van der Waals surface area contributed by atoms with E-state index in [1.54, 1.807) is 24.3 Å². The van der Waals surface area contributed by atoms with Crippen molar-refractivity contribution in [1.82, 2.24) is 9.88 Å². The molecule has 2 aromatic carbocycles. The molecule has 32 heavy (non-hydrogen) atoms. The number of benzene rings is 2. The van der Waals surface area contributed by atoms with Gasteiger partial charge >= 0.3 is 0 Å². The Morgan fingerprint density at radius 2 is 1.81 bits per heavy atom. The average Bonchev–Trinajstić information content (AvgIpc) is 3.37. The van der Waals surface area contributed by atoms with Crippen LogP contribution in [0.5, 0.6) is 5.75 Å². The number of carbonyl (C=O) groups excluding carboxylic acids is 3. The van der Waals surface area contributed by atoms with Crippen LogP contribution in [0.15, 0.2) is 53.9 Å². The molecule has 3 amide bonds. The summed E-state index contributed by atoms with van der Waals surface area (Å²) in [5.41, 5.74) is 3.09. The van der Waals surface area contributed by atoms with E-state index in [0.29, 0.717) is 18.0 Å². The average molecular weight is 450 g/mol. The van der Waals surface area contributed by atoms with Gasteiger partial charge in [-0.25, -0.2) is 4.98 Å². The zero-order valence-electron chi connectivity index (χ0n) is 17.7. The molecule has 0 atom stereocenters. The molecule has 1 aromatic heterocycles. The summed E-state index contributed by atoms with van der Waals surface area (Å²) in [7, 11) is 0. The number of hydrogen-bond donors (Lipinski definition) is 1. The molecule has 1 N–H and O–H groups in total. The molecule has 0 saturated carbocycles. The van der Waals surface area contributed by atoms with Gasteiger partial charge in [0.25, 0.3) is 0 Å². The number of hydrogen-bond acceptors (Lipinski definition) is 6. The van der Waals surface area contributed by atoms with Gasteiger partial charge in [0.15, 0.2) is 0 Å². The summed E-state index contributed by atoms with van der Waals surface area (Å²) in [6, 6.07) is 14.9. The lowest BCUT2D eigenvalue weighted by Crippen LogP contribution is -2.28. The maximum absolute atomic E-state index is 12.5. The van der Waals surface area contributed by atoms with E-state index in [1.807, 2.05) is 36.6 Å². The summed E-state index contributed by atoms with van der Waals surface area (Å²) >= 11 is 1.48. The molecule has 0 spiro atoms. The van der Waals surface area contributed by atoms with Gasteiger partial charge in [-0.05, 0) is 36.8 Å². The minimum Gasteiger partial charge on any atom is -0.493 e. The topological polar surface area (TPSA) is 88.6 Å². The third-order valence-corrected chi connectivity index (χ3v) is 5.97. The van der Waals surface area contributed by atoms with Gasteiger partial charge in [0.1, 0.15) is 10.8 Å². The summed E-state index contributed by atoms with van der Waals surface area (Å²) < 4.78 is 5.67. The van der Waals surface area contributed by atoms with Gasteiger partial charge < -0.3 is 10.1 Å². The SMILES string of the molecule is CCOc1ccccc1-c1nc(CC(=O)Nc2ccc(CN3C(=O)CCC3=O)cc2)cs1. The lowest BCUT2D eigenvalue weighted by molar-refractivity contribution is -0.139. The third-order valence-electron chi connectivity index (χ3n) is 5.04. The molecule has 164 valence electrons. The third kappa shape index (κ3) is 5.03. The molecular weight excluding hydrogens is 426 g/mol. The van der Waals surface area contributed by atoms with Gasteiger partial charge in [-0.1, -0.05) is 24.3 Å². The number of anilines is 1. The second kappa shape index (κ2) is 9.74. The quantitative estimate of drug-likeness (QED) is 0.525. The maximum Gasteiger partial charge on any atom is 0.230 e. The highest BCUT2D eigenvalue weighted by Gasteiger charge is 2.28. The predicted molar refractivity (Wildman–Crippen MR) is 122 cm³/mol. The smallest absolute Gasteiger partial charge is 0.230 e. The van der Waals surface area contributed by atoms with Crippen molar-refractivity contribution in [2.45, 2.75) is 32.7 Å². The number of amides is 3. The summed E-state index contributed by atoms with van der Waals surface area (Å²) in [4.78, 5) is 41.9. The standard InChI is InChI=1S/C24H23N3O4S/c1-2-31-20-6-4-3-5-19(20)24-26-18(15-32-24)13-21(28)25-17-9-7-16(8-10-17)14-27-22(29)11-12-23(27)30/h3-10,15H,2,11-14H2,1H3,(H,25,28). The number of rotatable bonds is 8. The normalized spacial score (nSPS) is 13.5. The molecule has 0 radical (unpaired) electrons. The number of ether oxygens (including phenoxy) is 1. The fourth-order valence-electron chi connectivity index (χ4n) is 3.48. The van der Waals surface area contributed by atoms with E-state index < -0.39 is 0 Å². The maximum atomic E-state index is 12.5. The number of nitrogens with one attached hydrogen (secondary N) is 1. The monoisotopic (exact) mass is 449 g/mol. The first-order chi connectivity index (χ1) is 15.5. The van der Waals surface area contributed by atoms with Crippen molar-refractivity contribution < 1.29 is 19.1 Å². The molecule has 8 heteroatoms.